The Morgan fingerprint density at radius 2 is 1.88 bits per heavy atom. The molecule has 1 aromatic heterocycles. The van der Waals surface area contributed by atoms with Crippen molar-refractivity contribution in [3.63, 3.8) is 0 Å². The number of anilines is 2. The quantitative estimate of drug-likeness (QED) is 0.502. The van der Waals surface area contributed by atoms with Gasteiger partial charge in [-0.15, -0.1) is 0 Å². The fraction of sp³-hybridized carbons (Fsp3) is 0.304. The number of aromatic nitrogens is 1. The summed E-state index contributed by atoms with van der Waals surface area (Å²) in [6.07, 6.45) is 0. The molecule has 1 fully saturated rings. The first-order chi connectivity index (χ1) is 16.2. The molecule has 0 atom stereocenters. The molecule has 34 heavy (non-hydrogen) atoms. The second-order valence-electron chi connectivity index (χ2n) is 7.89. The lowest BCUT2D eigenvalue weighted by atomic mass is 10.1. The molecule has 180 valence electrons. The average Bonchev–Trinajstić information content (AvgIpc) is 2.83. The first kappa shape index (κ1) is 24.1. The summed E-state index contributed by atoms with van der Waals surface area (Å²) >= 11 is 5.98. The lowest BCUT2D eigenvalue weighted by molar-refractivity contribution is 0.0699. The highest BCUT2D eigenvalue weighted by molar-refractivity contribution is 7.92. The van der Waals surface area contributed by atoms with E-state index in [1.54, 1.807) is 18.2 Å². The normalized spacial score (nSPS) is 14.9. The van der Waals surface area contributed by atoms with Crippen LogP contribution in [0.4, 0.5) is 11.5 Å². The zero-order chi connectivity index (χ0) is 24.5. The Kier molecular flexibility index (Phi) is 6.83. The Hall–Kier alpha value is -3.08. The van der Waals surface area contributed by atoms with Gasteiger partial charge in [-0.05, 0) is 49.0 Å². The molecule has 2 aromatic carbocycles. The third-order valence-corrected chi connectivity index (χ3v) is 7.47. The maximum atomic E-state index is 13.0. The van der Waals surface area contributed by atoms with Crippen LogP contribution in [0.15, 0.2) is 47.4 Å². The molecule has 1 saturated heterocycles. The molecule has 0 unspecified atom stereocenters. The fourth-order valence-corrected chi connectivity index (χ4v) is 5.46. The monoisotopic (exact) mass is 504 g/mol. The number of fused-ring (bicyclic) bond motifs is 1. The molecule has 1 aliphatic rings. The predicted molar refractivity (Wildman–Crippen MR) is 132 cm³/mol. The number of pyridine rings is 1. The number of piperazine rings is 1. The minimum atomic E-state index is -4.05. The van der Waals surface area contributed by atoms with E-state index >= 15 is 0 Å². The molecule has 0 saturated carbocycles. The number of ether oxygens (including phenoxy) is 1. The molecule has 11 heteroatoms. The summed E-state index contributed by atoms with van der Waals surface area (Å²) in [5.74, 6) is -0.381. The number of hydrogen-bond donors (Lipinski definition) is 2. The number of hydrogen-bond acceptors (Lipinski definition) is 7. The van der Waals surface area contributed by atoms with E-state index in [-0.39, 0.29) is 26.9 Å². The maximum Gasteiger partial charge on any atom is 0.336 e. The van der Waals surface area contributed by atoms with Gasteiger partial charge in [0.15, 0.2) is 0 Å². The SMILES string of the molecule is CCN1CCN(c2cc(C(=O)O)c3cc(NS(=O)(=O)c4cc(Cl)ccc4OC)ccc3n2)CC1. The zero-order valence-electron chi connectivity index (χ0n) is 18.8. The van der Waals surface area contributed by atoms with Gasteiger partial charge in [0.1, 0.15) is 16.5 Å². The van der Waals surface area contributed by atoms with Crippen LogP contribution in [0.25, 0.3) is 10.9 Å². The van der Waals surface area contributed by atoms with Gasteiger partial charge in [-0.3, -0.25) is 4.72 Å². The van der Waals surface area contributed by atoms with Crippen LogP contribution in [0, 0.1) is 0 Å². The van der Waals surface area contributed by atoms with Crippen LogP contribution in [0.5, 0.6) is 5.75 Å². The third-order valence-electron chi connectivity index (χ3n) is 5.84. The molecule has 2 N–H and O–H groups in total. The summed E-state index contributed by atoms with van der Waals surface area (Å²) in [5.41, 5.74) is 0.721. The highest BCUT2D eigenvalue weighted by Crippen LogP contribution is 2.31. The third kappa shape index (κ3) is 4.89. The summed E-state index contributed by atoms with van der Waals surface area (Å²) in [5, 5.41) is 10.4. The number of nitrogens with one attached hydrogen (secondary N) is 1. The van der Waals surface area contributed by atoms with Gasteiger partial charge in [0.2, 0.25) is 0 Å². The van der Waals surface area contributed by atoms with E-state index in [1.807, 2.05) is 0 Å². The van der Waals surface area contributed by atoms with Gasteiger partial charge >= 0.3 is 5.97 Å². The fourth-order valence-electron chi connectivity index (χ4n) is 3.98. The van der Waals surface area contributed by atoms with Crippen molar-refractivity contribution in [3.8, 4) is 5.75 Å². The largest absolute Gasteiger partial charge is 0.495 e. The van der Waals surface area contributed by atoms with Gasteiger partial charge in [-0.2, -0.15) is 0 Å². The van der Waals surface area contributed by atoms with E-state index in [1.165, 1.54) is 31.4 Å². The minimum Gasteiger partial charge on any atom is -0.495 e. The van der Waals surface area contributed by atoms with Gasteiger partial charge in [0.05, 0.1) is 18.2 Å². The number of carboxylic acids is 1. The van der Waals surface area contributed by atoms with Crippen LogP contribution in [-0.2, 0) is 10.0 Å². The van der Waals surface area contributed by atoms with Crippen LogP contribution in [0.2, 0.25) is 5.02 Å². The Bertz CT molecular complexity index is 1340. The molecule has 2 heterocycles. The smallest absolute Gasteiger partial charge is 0.336 e. The highest BCUT2D eigenvalue weighted by atomic mass is 35.5. The van der Waals surface area contributed by atoms with Crippen LogP contribution in [0.3, 0.4) is 0 Å². The van der Waals surface area contributed by atoms with E-state index in [2.05, 4.69) is 26.4 Å². The van der Waals surface area contributed by atoms with Crippen molar-refractivity contribution in [2.75, 3.05) is 49.5 Å². The second kappa shape index (κ2) is 9.65. The van der Waals surface area contributed by atoms with E-state index < -0.39 is 16.0 Å². The van der Waals surface area contributed by atoms with Crippen molar-refractivity contribution in [1.82, 2.24) is 9.88 Å². The molecule has 0 spiro atoms. The lowest BCUT2D eigenvalue weighted by Gasteiger charge is -2.35. The van der Waals surface area contributed by atoms with Gasteiger partial charge in [-0.25, -0.2) is 18.2 Å². The number of likely N-dealkylation sites (N-methyl/N-ethyl adjacent to an activating group) is 1. The molecule has 0 amide bonds. The molecule has 1 aliphatic heterocycles. The molecule has 9 nitrogen and oxygen atoms in total. The maximum absolute atomic E-state index is 13.0. The van der Waals surface area contributed by atoms with Gasteiger partial charge < -0.3 is 19.6 Å². The summed E-state index contributed by atoms with van der Waals surface area (Å²) in [6.45, 7) is 6.36. The molecule has 4 rings (SSSR count). The number of rotatable bonds is 7. The predicted octanol–water partition coefficient (Wildman–Crippen LogP) is 3.54. The Balaban J connectivity index is 1.69. The van der Waals surface area contributed by atoms with Crippen molar-refractivity contribution in [1.29, 1.82) is 0 Å². The van der Waals surface area contributed by atoms with E-state index in [9.17, 15) is 18.3 Å². The van der Waals surface area contributed by atoms with Crippen LogP contribution >= 0.6 is 11.6 Å². The standard InChI is InChI=1S/C23H25ClN4O5S/c1-3-27-8-10-28(11-9-27)22-14-18(23(29)30)17-13-16(5-6-19(17)25-22)26-34(31,32)21-12-15(24)4-7-20(21)33-2/h4-7,12-14,26H,3,8-11H2,1-2H3,(H,29,30). The van der Waals surface area contributed by atoms with Crippen LogP contribution in [-0.4, -0.2) is 69.2 Å². The summed E-state index contributed by atoms with van der Waals surface area (Å²) in [6, 6.07) is 10.5. The minimum absolute atomic E-state index is 0.0549. The molecular formula is C23H25ClN4O5S. The summed E-state index contributed by atoms with van der Waals surface area (Å²) in [7, 11) is -2.69. The van der Waals surface area contributed by atoms with Crippen molar-refractivity contribution in [2.24, 2.45) is 0 Å². The van der Waals surface area contributed by atoms with E-state index in [0.717, 1.165) is 32.7 Å². The molecule has 3 aromatic rings. The second-order valence-corrected chi connectivity index (χ2v) is 9.97. The molecule has 0 aliphatic carbocycles. The highest BCUT2D eigenvalue weighted by Gasteiger charge is 2.23. The number of halogens is 1. The topological polar surface area (TPSA) is 112 Å². The van der Waals surface area contributed by atoms with Crippen molar-refractivity contribution in [3.05, 3.63) is 53.1 Å². The van der Waals surface area contributed by atoms with Crippen molar-refractivity contribution < 1.29 is 23.1 Å². The van der Waals surface area contributed by atoms with Gasteiger partial charge in [0, 0.05) is 42.3 Å². The first-order valence-electron chi connectivity index (χ1n) is 10.7. The molecular weight excluding hydrogens is 480 g/mol. The summed E-state index contributed by atoms with van der Waals surface area (Å²) in [4.78, 5) is 21.0. The zero-order valence-corrected chi connectivity index (χ0v) is 20.4. The van der Waals surface area contributed by atoms with E-state index in [0.29, 0.717) is 16.7 Å². The van der Waals surface area contributed by atoms with Crippen molar-refractivity contribution in [2.45, 2.75) is 11.8 Å². The number of benzene rings is 2. The van der Waals surface area contributed by atoms with E-state index in [4.69, 9.17) is 16.3 Å². The summed E-state index contributed by atoms with van der Waals surface area (Å²) < 4.78 is 33.7. The van der Waals surface area contributed by atoms with Crippen LogP contribution in [0.1, 0.15) is 17.3 Å². The van der Waals surface area contributed by atoms with Gasteiger partial charge in [0.25, 0.3) is 10.0 Å². The number of aromatic carboxylic acids is 1. The number of methoxy groups -OCH3 is 1. The van der Waals surface area contributed by atoms with Crippen LogP contribution < -0.4 is 14.4 Å². The lowest BCUT2D eigenvalue weighted by Crippen LogP contribution is -2.46. The molecule has 0 bridgehead atoms. The Labute approximate surface area is 203 Å². The van der Waals surface area contributed by atoms with Crippen molar-refractivity contribution >= 4 is 50.0 Å². The van der Waals surface area contributed by atoms with Gasteiger partial charge in [-0.1, -0.05) is 18.5 Å². The number of carbonyl (C=O) groups is 1. The average molecular weight is 505 g/mol. The molecule has 0 radical (unpaired) electrons. The number of sulfonamides is 1. The Morgan fingerprint density at radius 1 is 1.15 bits per heavy atom. The Morgan fingerprint density at radius 3 is 2.53 bits per heavy atom. The number of carboxylic acid groups (broad SMARTS) is 1. The first-order valence-corrected chi connectivity index (χ1v) is 12.6. The number of nitrogens with zero attached hydrogens (tertiary/aromatic N) is 3.